The van der Waals surface area contributed by atoms with E-state index in [0.29, 0.717) is 41.2 Å². The Bertz CT molecular complexity index is 1380. The number of ether oxygens (including phenoxy) is 7. The monoisotopic (exact) mass is 652 g/mol. The summed E-state index contributed by atoms with van der Waals surface area (Å²) in [6.45, 7) is 1.08. The van der Waals surface area contributed by atoms with E-state index in [0.717, 1.165) is 47.9 Å². The van der Waals surface area contributed by atoms with E-state index in [2.05, 4.69) is 9.47 Å². The topological polar surface area (TPSA) is 98.8 Å². The third-order valence-electron chi connectivity index (χ3n) is 6.71. The Labute approximate surface area is 275 Å². The van der Waals surface area contributed by atoms with E-state index in [1.807, 2.05) is 30.3 Å². The quantitative estimate of drug-likeness (QED) is 0.0567. The van der Waals surface area contributed by atoms with Crippen LogP contribution in [0.3, 0.4) is 0 Å². The molecule has 10 heteroatoms. The molecule has 0 aliphatic carbocycles. The van der Waals surface area contributed by atoms with E-state index in [1.54, 1.807) is 50.6 Å². The summed E-state index contributed by atoms with van der Waals surface area (Å²) < 4.78 is 38.8. The minimum atomic E-state index is -0.445. The summed E-state index contributed by atoms with van der Waals surface area (Å²) >= 11 is 5.80. The molecule has 0 saturated heterocycles. The van der Waals surface area contributed by atoms with Crippen molar-refractivity contribution >= 4 is 35.7 Å². The summed E-state index contributed by atoms with van der Waals surface area (Å²) in [4.78, 5) is 22.9. The Kier molecular flexibility index (Phi) is 15.3. The molecule has 0 unspecified atom stereocenters. The van der Waals surface area contributed by atoms with Crippen molar-refractivity contribution < 1.29 is 42.7 Å². The second kappa shape index (κ2) is 19.7. The lowest BCUT2D eigenvalue weighted by Crippen LogP contribution is -2.04. The molecule has 0 aliphatic rings. The lowest BCUT2D eigenvalue weighted by molar-refractivity contribution is -0.135. The molecule has 0 atom stereocenters. The van der Waals surface area contributed by atoms with Crippen LogP contribution in [0.5, 0.6) is 28.7 Å². The molecule has 0 radical (unpaired) electrons. The zero-order chi connectivity index (χ0) is 33.1. The van der Waals surface area contributed by atoms with Gasteiger partial charge in [-0.25, -0.2) is 9.59 Å². The van der Waals surface area contributed by atoms with E-state index in [9.17, 15) is 9.59 Å². The van der Waals surface area contributed by atoms with Gasteiger partial charge in [0.2, 0.25) is 0 Å². The molecule has 3 aromatic carbocycles. The highest BCUT2D eigenvalue weighted by Crippen LogP contribution is 2.32. The molecule has 0 amide bonds. The Balaban J connectivity index is 1.76. The summed E-state index contributed by atoms with van der Waals surface area (Å²) in [5.41, 5.74) is 3.28. The van der Waals surface area contributed by atoms with Gasteiger partial charge in [0.05, 0.1) is 35.0 Å². The molecular formula is C36H41ClO9. The second-order valence-corrected chi connectivity index (χ2v) is 10.4. The number of alkyl halides is 1. The van der Waals surface area contributed by atoms with Gasteiger partial charge in [-0.05, 0) is 89.7 Å². The van der Waals surface area contributed by atoms with Gasteiger partial charge in [0, 0.05) is 18.0 Å². The summed E-state index contributed by atoms with van der Waals surface area (Å²) in [6.07, 6.45) is 9.99. The molecule has 246 valence electrons. The van der Waals surface area contributed by atoms with Gasteiger partial charge in [0.1, 0.15) is 19.0 Å². The maximum absolute atomic E-state index is 11.5. The highest BCUT2D eigenvalue weighted by Gasteiger charge is 2.11. The molecule has 0 spiro atoms. The maximum atomic E-state index is 11.5. The molecule has 0 saturated carbocycles. The molecule has 0 N–H and O–H groups in total. The highest BCUT2D eigenvalue weighted by molar-refractivity contribution is 6.17. The van der Waals surface area contributed by atoms with Crippen molar-refractivity contribution in [1.82, 2.24) is 0 Å². The van der Waals surface area contributed by atoms with Gasteiger partial charge in [-0.3, -0.25) is 0 Å². The molecule has 0 bridgehead atoms. The van der Waals surface area contributed by atoms with Crippen LogP contribution < -0.4 is 23.7 Å². The average Bonchev–Trinajstić information content (AvgIpc) is 3.09. The van der Waals surface area contributed by atoms with E-state index in [1.165, 1.54) is 26.4 Å². The molecule has 9 nitrogen and oxygen atoms in total. The minimum absolute atomic E-state index is 0.248. The van der Waals surface area contributed by atoms with Crippen LogP contribution >= 0.6 is 11.6 Å². The zero-order valence-corrected chi connectivity index (χ0v) is 27.5. The fourth-order valence-corrected chi connectivity index (χ4v) is 4.51. The van der Waals surface area contributed by atoms with Crippen LogP contribution in [0.4, 0.5) is 0 Å². The fraction of sp³-hybridized carbons (Fsp3) is 0.333. The molecule has 0 heterocycles. The lowest BCUT2D eigenvalue weighted by atomic mass is 10.1. The second-order valence-electron chi connectivity index (χ2n) is 10.0. The normalized spacial score (nSPS) is 11.0. The van der Waals surface area contributed by atoms with E-state index in [4.69, 9.17) is 35.3 Å². The van der Waals surface area contributed by atoms with Crippen molar-refractivity contribution in [3.05, 3.63) is 89.0 Å². The van der Waals surface area contributed by atoms with E-state index >= 15 is 0 Å². The number of methoxy groups -OCH3 is 4. The largest absolute Gasteiger partial charge is 0.494 e. The number of hydrogen-bond acceptors (Lipinski definition) is 9. The minimum Gasteiger partial charge on any atom is -0.494 e. The van der Waals surface area contributed by atoms with Crippen LogP contribution in [-0.2, 0) is 32.3 Å². The summed E-state index contributed by atoms with van der Waals surface area (Å²) in [7, 11) is 5.77. The number of rotatable bonds is 19. The van der Waals surface area contributed by atoms with E-state index in [-0.39, 0.29) is 13.2 Å². The summed E-state index contributed by atoms with van der Waals surface area (Å²) in [5.74, 6) is 2.64. The number of benzene rings is 3. The predicted octanol–water partition coefficient (Wildman–Crippen LogP) is 7.41. The first-order valence-corrected chi connectivity index (χ1v) is 15.4. The Morgan fingerprint density at radius 3 is 1.57 bits per heavy atom. The SMILES string of the molecule is COC(=O)C=Cc1ccc(OCc2cc(COc3ccc(C=CC(=O)OC)cc3OC)cc(OCCCCCCCl)c2)c(OC)c1. The number of esters is 2. The number of unbranched alkanes of at least 4 members (excludes halogenated alkanes) is 3. The van der Waals surface area contributed by atoms with Gasteiger partial charge >= 0.3 is 11.9 Å². The predicted molar refractivity (Wildman–Crippen MR) is 178 cm³/mol. The summed E-state index contributed by atoms with van der Waals surface area (Å²) in [6, 6.07) is 16.7. The Hall–Kier alpha value is -4.63. The molecule has 0 fully saturated rings. The van der Waals surface area contributed by atoms with Crippen molar-refractivity contribution in [2.75, 3.05) is 40.9 Å². The van der Waals surface area contributed by atoms with Crippen LogP contribution in [0.15, 0.2) is 66.7 Å². The number of halogens is 1. The zero-order valence-electron chi connectivity index (χ0n) is 26.7. The van der Waals surface area contributed by atoms with Gasteiger partial charge in [-0.15, -0.1) is 11.6 Å². The van der Waals surface area contributed by atoms with Gasteiger partial charge in [0.15, 0.2) is 23.0 Å². The molecular weight excluding hydrogens is 612 g/mol. The first-order valence-electron chi connectivity index (χ1n) is 14.8. The molecule has 3 aromatic rings. The maximum Gasteiger partial charge on any atom is 0.330 e. The van der Waals surface area contributed by atoms with Gasteiger partial charge in [0.25, 0.3) is 0 Å². The van der Waals surface area contributed by atoms with Crippen LogP contribution in [-0.4, -0.2) is 52.9 Å². The first kappa shape index (κ1) is 35.8. The third kappa shape index (κ3) is 12.0. The van der Waals surface area contributed by atoms with Crippen molar-refractivity contribution in [3.8, 4) is 28.7 Å². The van der Waals surface area contributed by atoms with Crippen LogP contribution in [0.25, 0.3) is 12.2 Å². The average molecular weight is 653 g/mol. The molecule has 46 heavy (non-hydrogen) atoms. The molecule has 0 aromatic heterocycles. The van der Waals surface area contributed by atoms with Crippen molar-refractivity contribution in [2.24, 2.45) is 0 Å². The van der Waals surface area contributed by atoms with Crippen molar-refractivity contribution in [3.63, 3.8) is 0 Å². The summed E-state index contributed by atoms with van der Waals surface area (Å²) in [5, 5.41) is 0. The number of carbonyl (C=O) groups excluding carboxylic acids is 2. The van der Waals surface area contributed by atoms with Gasteiger partial charge in [-0.1, -0.05) is 25.0 Å². The molecule has 3 rings (SSSR count). The Morgan fingerprint density at radius 1 is 0.609 bits per heavy atom. The van der Waals surface area contributed by atoms with Crippen LogP contribution in [0.1, 0.15) is 47.9 Å². The number of carbonyl (C=O) groups is 2. The van der Waals surface area contributed by atoms with Crippen LogP contribution in [0.2, 0.25) is 0 Å². The number of hydrogen-bond donors (Lipinski definition) is 0. The Morgan fingerprint density at radius 2 is 1.11 bits per heavy atom. The van der Waals surface area contributed by atoms with Crippen molar-refractivity contribution in [2.45, 2.75) is 38.9 Å². The third-order valence-corrected chi connectivity index (χ3v) is 6.98. The highest BCUT2D eigenvalue weighted by atomic mass is 35.5. The smallest absolute Gasteiger partial charge is 0.330 e. The van der Waals surface area contributed by atoms with Crippen molar-refractivity contribution in [1.29, 1.82) is 0 Å². The van der Waals surface area contributed by atoms with E-state index < -0.39 is 11.9 Å². The van der Waals surface area contributed by atoms with Crippen LogP contribution in [0, 0.1) is 0 Å². The fourth-order valence-electron chi connectivity index (χ4n) is 4.32. The standard InChI is InChI=1S/C36H41ClO9/c1-40-33-22-26(11-15-35(38)42-3)9-13-31(33)45-24-28-19-29(21-30(20-28)44-18-8-6-5-7-17-37)25-46-32-14-10-27(23-34(32)41-2)12-16-36(39)43-4/h9-16,19-23H,5-8,17-18,24-25H2,1-4H3. The lowest BCUT2D eigenvalue weighted by Gasteiger charge is -2.15. The van der Waals surface area contributed by atoms with Gasteiger partial charge < -0.3 is 33.2 Å². The molecule has 0 aliphatic heterocycles. The first-order chi connectivity index (χ1) is 22.4. The van der Waals surface area contributed by atoms with Gasteiger partial charge in [-0.2, -0.15) is 0 Å².